The Hall–Kier alpha value is -0.960. The third kappa shape index (κ3) is 3.63. The predicted molar refractivity (Wildman–Crippen MR) is 75.7 cm³/mol. The number of nitrogens with zero attached hydrogens (tertiary/aromatic N) is 2. The Morgan fingerprint density at radius 3 is 2.57 bits per heavy atom. The molecule has 2 heterocycles. The monoisotopic (exact) mass is 338 g/mol. The van der Waals surface area contributed by atoms with E-state index in [2.05, 4.69) is 16.9 Å². The molecule has 4 nitrogen and oxygen atoms in total. The molecule has 0 saturated carbocycles. The van der Waals surface area contributed by atoms with Gasteiger partial charge in [-0.15, -0.1) is 11.8 Å². The van der Waals surface area contributed by atoms with Crippen LogP contribution in [0.4, 0.5) is 13.2 Å². The minimum Gasteiger partial charge on any atom is -0.478 e. The normalized spacial score (nSPS) is 26.6. The molecular weight excluding hydrogens is 325 g/mol. The predicted octanol–water partition coefficient (Wildman–Crippen LogP) is 3.49. The number of rotatable bonds is 2. The number of thioether (sulfide) groups is 2. The molecule has 0 spiro atoms. The van der Waals surface area contributed by atoms with E-state index in [4.69, 9.17) is 5.11 Å². The van der Waals surface area contributed by atoms with Crippen molar-refractivity contribution in [2.24, 2.45) is 0 Å². The maximum absolute atomic E-state index is 12.9. The quantitative estimate of drug-likeness (QED) is 0.890. The van der Waals surface area contributed by atoms with E-state index in [0.717, 1.165) is 6.20 Å². The van der Waals surface area contributed by atoms with Crippen LogP contribution in [0.5, 0.6) is 0 Å². The number of aromatic nitrogens is 2. The first-order chi connectivity index (χ1) is 9.70. The number of aromatic carboxylic acids is 1. The van der Waals surface area contributed by atoms with Gasteiger partial charge in [0.15, 0.2) is 5.69 Å². The van der Waals surface area contributed by atoms with Gasteiger partial charge in [0, 0.05) is 22.4 Å². The summed E-state index contributed by atoms with van der Waals surface area (Å²) >= 11 is 3.18. The molecule has 1 aromatic rings. The van der Waals surface area contributed by atoms with E-state index in [0.29, 0.717) is 11.0 Å². The van der Waals surface area contributed by atoms with Gasteiger partial charge in [-0.3, -0.25) is 0 Å². The summed E-state index contributed by atoms with van der Waals surface area (Å²) in [5.74, 6) is -1.02. The highest BCUT2D eigenvalue weighted by Crippen LogP contribution is 2.43. The fourth-order valence-corrected chi connectivity index (χ4v) is 4.69. The highest BCUT2D eigenvalue weighted by molar-refractivity contribution is 8.07. The third-order valence-corrected chi connectivity index (χ3v) is 6.53. The number of halogens is 3. The van der Waals surface area contributed by atoms with Gasteiger partial charge in [0.05, 0.1) is 5.25 Å². The first-order valence-electron chi connectivity index (χ1n) is 6.14. The number of hydrogen-bond donors (Lipinski definition) is 1. The summed E-state index contributed by atoms with van der Waals surface area (Å²) < 4.78 is 38.8. The SMILES string of the molecule is CC1SCC(c2ncc(C(=O)O)c(C(F)(F)F)n2)SC1C. The third-order valence-electron chi connectivity index (χ3n) is 3.14. The van der Waals surface area contributed by atoms with Gasteiger partial charge >= 0.3 is 12.1 Å². The Morgan fingerprint density at radius 2 is 2.05 bits per heavy atom. The van der Waals surface area contributed by atoms with Crippen molar-refractivity contribution in [1.29, 1.82) is 0 Å². The van der Waals surface area contributed by atoms with E-state index < -0.39 is 23.4 Å². The van der Waals surface area contributed by atoms with Gasteiger partial charge in [-0.25, -0.2) is 14.8 Å². The summed E-state index contributed by atoms with van der Waals surface area (Å²) in [5.41, 5.74) is -2.29. The molecule has 1 N–H and O–H groups in total. The molecule has 0 bridgehead atoms. The summed E-state index contributed by atoms with van der Waals surface area (Å²) in [4.78, 5) is 18.2. The van der Waals surface area contributed by atoms with Crippen LogP contribution >= 0.6 is 23.5 Å². The maximum Gasteiger partial charge on any atom is 0.434 e. The first-order valence-corrected chi connectivity index (χ1v) is 8.13. The molecule has 2 rings (SSSR count). The zero-order valence-corrected chi connectivity index (χ0v) is 12.8. The molecule has 1 aromatic heterocycles. The Bertz CT molecular complexity index is 554. The van der Waals surface area contributed by atoms with Crippen LogP contribution in [-0.4, -0.2) is 37.3 Å². The van der Waals surface area contributed by atoms with Gasteiger partial charge < -0.3 is 5.11 Å². The van der Waals surface area contributed by atoms with E-state index in [1.54, 1.807) is 11.8 Å². The van der Waals surface area contributed by atoms with Crippen molar-refractivity contribution in [2.75, 3.05) is 5.75 Å². The minimum atomic E-state index is -4.81. The molecule has 1 aliphatic heterocycles. The minimum absolute atomic E-state index is 0.0450. The zero-order valence-electron chi connectivity index (χ0n) is 11.2. The van der Waals surface area contributed by atoms with Crippen molar-refractivity contribution in [3.05, 3.63) is 23.3 Å². The van der Waals surface area contributed by atoms with Crippen LogP contribution in [0.2, 0.25) is 0 Å². The lowest BCUT2D eigenvalue weighted by molar-refractivity contribution is -0.141. The molecule has 0 radical (unpaired) electrons. The van der Waals surface area contributed by atoms with Crippen molar-refractivity contribution in [2.45, 2.75) is 35.8 Å². The smallest absolute Gasteiger partial charge is 0.434 e. The van der Waals surface area contributed by atoms with Crippen LogP contribution in [0.15, 0.2) is 6.20 Å². The van der Waals surface area contributed by atoms with Crippen molar-refractivity contribution < 1.29 is 23.1 Å². The van der Waals surface area contributed by atoms with Gasteiger partial charge in [-0.05, 0) is 0 Å². The lowest BCUT2D eigenvalue weighted by Gasteiger charge is -2.30. The molecule has 21 heavy (non-hydrogen) atoms. The largest absolute Gasteiger partial charge is 0.478 e. The van der Waals surface area contributed by atoms with E-state index in [1.807, 2.05) is 6.92 Å². The molecule has 0 amide bonds. The van der Waals surface area contributed by atoms with Crippen LogP contribution in [-0.2, 0) is 6.18 Å². The number of alkyl halides is 3. The second-order valence-corrected chi connectivity index (χ2v) is 7.66. The van der Waals surface area contributed by atoms with Gasteiger partial charge in [-0.2, -0.15) is 24.9 Å². The fraction of sp³-hybridized carbons (Fsp3) is 0.583. The number of hydrogen-bond acceptors (Lipinski definition) is 5. The van der Waals surface area contributed by atoms with Gasteiger partial charge in [-0.1, -0.05) is 13.8 Å². The summed E-state index contributed by atoms with van der Waals surface area (Å²) in [6, 6.07) is 0. The summed E-state index contributed by atoms with van der Waals surface area (Å²) in [7, 11) is 0. The standard InChI is InChI=1S/C12H13F3N2O2S2/c1-5-6(2)21-8(4-20-5)10-16-3-7(11(18)19)9(17-10)12(13,14)15/h3,5-6,8H,4H2,1-2H3,(H,18,19). The highest BCUT2D eigenvalue weighted by Gasteiger charge is 2.39. The lowest BCUT2D eigenvalue weighted by atomic mass is 10.2. The van der Waals surface area contributed by atoms with Gasteiger partial charge in [0.2, 0.25) is 0 Å². The van der Waals surface area contributed by atoms with E-state index in [-0.39, 0.29) is 16.3 Å². The van der Waals surface area contributed by atoms with E-state index in [1.165, 1.54) is 11.8 Å². The summed E-state index contributed by atoms with van der Waals surface area (Å²) in [5, 5.41) is 9.24. The first kappa shape index (κ1) is 16.4. The van der Waals surface area contributed by atoms with Crippen LogP contribution in [0, 0.1) is 0 Å². The average Bonchev–Trinajstić information content (AvgIpc) is 2.40. The summed E-state index contributed by atoms with van der Waals surface area (Å²) in [6.45, 7) is 4.07. The molecule has 1 fully saturated rings. The number of carboxylic acid groups (broad SMARTS) is 1. The average molecular weight is 338 g/mol. The van der Waals surface area contributed by atoms with Crippen LogP contribution in [0.1, 0.15) is 41.0 Å². The van der Waals surface area contributed by atoms with Crippen molar-refractivity contribution in [1.82, 2.24) is 9.97 Å². The molecule has 0 aromatic carbocycles. The zero-order chi connectivity index (χ0) is 15.8. The van der Waals surface area contributed by atoms with Gasteiger partial charge in [0.1, 0.15) is 11.4 Å². The summed E-state index contributed by atoms with van der Waals surface area (Å²) in [6.07, 6.45) is -4.06. The molecular formula is C12H13F3N2O2S2. The van der Waals surface area contributed by atoms with Crippen LogP contribution in [0.25, 0.3) is 0 Å². The topological polar surface area (TPSA) is 63.1 Å². The van der Waals surface area contributed by atoms with Crippen molar-refractivity contribution in [3.63, 3.8) is 0 Å². The van der Waals surface area contributed by atoms with Crippen LogP contribution in [0.3, 0.4) is 0 Å². The highest BCUT2D eigenvalue weighted by atomic mass is 32.2. The molecule has 1 saturated heterocycles. The Labute approximate surface area is 127 Å². The Balaban J connectivity index is 2.36. The van der Waals surface area contributed by atoms with Crippen molar-refractivity contribution >= 4 is 29.5 Å². The molecule has 3 atom stereocenters. The van der Waals surface area contributed by atoms with Gasteiger partial charge in [0.25, 0.3) is 0 Å². The Morgan fingerprint density at radius 1 is 1.38 bits per heavy atom. The molecule has 1 aliphatic rings. The van der Waals surface area contributed by atoms with Crippen LogP contribution < -0.4 is 0 Å². The molecule has 0 aliphatic carbocycles. The lowest BCUT2D eigenvalue weighted by Crippen LogP contribution is -2.24. The molecule has 9 heteroatoms. The van der Waals surface area contributed by atoms with E-state index in [9.17, 15) is 18.0 Å². The second-order valence-electron chi connectivity index (χ2n) is 4.66. The molecule has 3 unspecified atom stereocenters. The molecule has 116 valence electrons. The Kier molecular flexibility index (Phi) is 4.72. The van der Waals surface area contributed by atoms with Crippen molar-refractivity contribution in [3.8, 4) is 0 Å². The fourth-order valence-electron chi connectivity index (χ4n) is 1.84. The maximum atomic E-state index is 12.9. The second kappa shape index (κ2) is 6.04. The number of carbonyl (C=O) groups is 1. The van der Waals surface area contributed by atoms with E-state index >= 15 is 0 Å². The number of carboxylic acids is 1.